The average molecular weight is 483 g/mol. The first-order chi connectivity index (χ1) is 11.1. The van der Waals surface area contributed by atoms with Crippen LogP contribution in [0.1, 0.15) is 10.4 Å². The summed E-state index contributed by atoms with van der Waals surface area (Å²) < 4.78 is 3.74. The largest absolute Gasteiger partial charge is 0.337 e. The van der Waals surface area contributed by atoms with E-state index in [1.165, 1.54) is 0 Å². The van der Waals surface area contributed by atoms with Crippen molar-refractivity contribution in [1.29, 1.82) is 0 Å². The highest BCUT2D eigenvalue weighted by Crippen LogP contribution is 2.24. The summed E-state index contributed by atoms with van der Waals surface area (Å²) in [5.74, 6) is -0.135. The smallest absolute Gasteiger partial charge is 0.244 e. The van der Waals surface area contributed by atoms with E-state index < -0.39 is 0 Å². The molecule has 1 heterocycles. The molecule has 1 N–H and O–H groups in total. The van der Waals surface area contributed by atoms with Crippen molar-refractivity contribution >= 4 is 67.3 Å². The number of anilines is 1. The van der Waals surface area contributed by atoms with Crippen molar-refractivity contribution < 1.29 is 9.59 Å². The summed E-state index contributed by atoms with van der Waals surface area (Å²) in [6.45, 7) is 0.150. The molecule has 0 saturated heterocycles. The molecule has 0 saturated carbocycles. The van der Waals surface area contributed by atoms with E-state index in [4.69, 9.17) is 0 Å². The number of benzene rings is 2. The van der Waals surface area contributed by atoms with Gasteiger partial charge < -0.3 is 9.88 Å². The van der Waals surface area contributed by atoms with Crippen molar-refractivity contribution in [2.45, 2.75) is 6.54 Å². The lowest BCUT2D eigenvalue weighted by atomic mass is 10.2. The second kappa shape index (κ2) is 6.84. The van der Waals surface area contributed by atoms with Crippen molar-refractivity contribution in [3.8, 4) is 0 Å². The molecular weight excluding hydrogens is 471 g/mol. The Bertz CT molecular complexity index is 905. The van der Waals surface area contributed by atoms with E-state index in [-0.39, 0.29) is 12.5 Å². The standard InChI is InChI=1S/C17H12BrIN2O2/c18-12-4-5-16-15(6-12)11(10-22)8-21(16)9-17(23)20-14-3-1-2-13(19)7-14/h1-8,10H,9H2,(H,20,23). The van der Waals surface area contributed by atoms with Gasteiger partial charge in [0, 0.05) is 36.4 Å². The summed E-state index contributed by atoms with van der Waals surface area (Å²) >= 11 is 5.60. The van der Waals surface area contributed by atoms with Gasteiger partial charge in [-0.05, 0) is 59.0 Å². The lowest BCUT2D eigenvalue weighted by molar-refractivity contribution is -0.116. The number of nitrogens with one attached hydrogen (secondary N) is 1. The molecule has 3 rings (SSSR count). The van der Waals surface area contributed by atoms with E-state index in [0.29, 0.717) is 5.56 Å². The molecule has 0 atom stereocenters. The van der Waals surface area contributed by atoms with Gasteiger partial charge in [0.25, 0.3) is 0 Å². The molecule has 0 aliphatic rings. The number of rotatable bonds is 4. The van der Waals surface area contributed by atoms with Crippen molar-refractivity contribution in [1.82, 2.24) is 4.57 Å². The van der Waals surface area contributed by atoms with Crippen molar-refractivity contribution in [2.75, 3.05) is 5.32 Å². The third kappa shape index (κ3) is 3.64. The Hall–Kier alpha value is -1.67. The van der Waals surface area contributed by atoms with Crippen LogP contribution >= 0.6 is 38.5 Å². The number of carbonyl (C=O) groups excluding carboxylic acids is 2. The number of hydrogen-bond acceptors (Lipinski definition) is 2. The first-order valence-electron chi connectivity index (χ1n) is 6.86. The van der Waals surface area contributed by atoms with E-state index >= 15 is 0 Å². The number of amides is 1. The van der Waals surface area contributed by atoms with Crippen LogP contribution < -0.4 is 5.32 Å². The zero-order valence-corrected chi connectivity index (χ0v) is 15.7. The van der Waals surface area contributed by atoms with Crippen LogP contribution in [-0.2, 0) is 11.3 Å². The van der Waals surface area contributed by atoms with E-state index in [1.807, 2.05) is 42.5 Å². The topological polar surface area (TPSA) is 51.1 Å². The molecule has 3 aromatic rings. The zero-order valence-electron chi connectivity index (χ0n) is 11.9. The number of aromatic nitrogens is 1. The molecular formula is C17H12BrIN2O2. The maximum atomic E-state index is 12.3. The van der Waals surface area contributed by atoms with Crippen LogP contribution in [0.3, 0.4) is 0 Å². The van der Waals surface area contributed by atoms with Gasteiger partial charge in [0.05, 0.1) is 0 Å². The molecule has 23 heavy (non-hydrogen) atoms. The summed E-state index contributed by atoms with van der Waals surface area (Å²) in [6.07, 6.45) is 2.52. The molecule has 2 aromatic carbocycles. The molecule has 1 aromatic heterocycles. The number of nitrogens with zero attached hydrogens (tertiary/aromatic N) is 1. The van der Waals surface area contributed by atoms with Gasteiger partial charge in [-0.3, -0.25) is 9.59 Å². The van der Waals surface area contributed by atoms with Crippen LogP contribution in [0, 0.1) is 3.57 Å². The first-order valence-corrected chi connectivity index (χ1v) is 8.73. The molecule has 4 nitrogen and oxygen atoms in total. The Balaban J connectivity index is 1.86. The molecule has 0 fully saturated rings. The van der Waals surface area contributed by atoms with Crippen LogP contribution in [0.4, 0.5) is 5.69 Å². The lowest BCUT2D eigenvalue weighted by Gasteiger charge is -2.08. The van der Waals surface area contributed by atoms with E-state index in [0.717, 1.165) is 30.9 Å². The average Bonchev–Trinajstić information content (AvgIpc) is 2.84. The van der Waals surface area contributed by atoms with E-state index in [2.05, 4.69) is 43.8 Å². The van der Waals surface area contributed by atoms with Crippen LogP contribution in [0.15, 0.2) is 53.1 Å². The van der Waals surface area contributed by atoms with Crippen molar-refractivity contribution in [2.24, 2.45) is 0 Å². The second-order valence-corrected chi connectivity index (χ2v) is 7.21. The molecule has 0 spiro atoms. The summed E-state index contributed by atoms with van der Waals surface area (Å²) in [5, 5.41) is 3.70. The summed E-state index contributed by atoms with van der Waals surface area (Å²) in [6, 6.07) is 13.3. The Morgan fingerprint density at radius 1 is 1.26 bits per heavy atom. The molecule has 0 unspecified atom stereocenters. The summed E-state index contributed by atoms with van der Waals surface area (Å²) in [7, 11) is 0. The molecule has 6 heteroatoms. The van der Waals surface area contributed by atoms with Gasteiger partial charge in [0.15, 0.2) is 6.29 Å². The van der Waals surface area contributed by atoms with Gasteiger partial charge in [0.1, 0.15) is 6.54 Å². The van der Waals surface area contributed by atoms with Crippen molar-refractivity contribution in [3.63, 3.8) is 0 Å². The van der Waals surface area contributed by atoms with Crippen molar-refractivity contribution in [3.05, 3.63) is 62.3 Å². The van der Waals surface area contributed by atoms with Crippen LogP contribution in [0.5, 0.6) is 0 Å². The minimum Gasteiger partial charge on any atom is -0.337 e. The van der Waals surface area contributed by atoms with Crippen LogP contribution in [0.2, 0.25) is 0 Å². The minimum atomic E-state index is -0.135. The lowest BCUT2D eigenvalue weighted by Crippen LogP contribution is -2.18. The fourth-order valence-electron chi connectivity index (χ4n) is 2.44. The minimum absolute atomic E-state index is 0.135. The number of carbonyl (C=O) groups is 2. The third-order valence-electron chi connectivity index (χ3n) is 3.42. The third-order valence-corrected chi connectivity index (χ3v) is 4.59. The highest BCUT2D eigenvalue weighted by atomic mass is 127. The van der Waals surface area contributed by atoms with Crippen LogP contribution in [-0.4, -0.2) is 16.8 Å². The Morgan fingerprint density at radius 2 is 2.09 bits per heavy atom. The fourth-order valence-corrected chi connectivity index (χ4v) is 3.35. The second-order valence-electron chi connectivity index (χ2n) is 5.05. The fraction of sp³-hybridized carbons (Fsp3) is 0.0588. The molecule has 1 amide bonds. The molecule has 0 radical (unpaired) electrons. The molecule has 0 aliphatic carbocycles. The normalized spacial score (nSPS) is 10.7. The highest BCUT2D eigenvalue weighted by molar-refractivity contribution is 14.1. The monoisotopic (exact) mass is 482 g/mol. The zero-order chi connectivity index (χ0) is 16.4. The first kappa shape index (κ1) is 16.2. The molecule has 116 valence electrons. The number of halogens is 2. The SMILES string of the molecule is O=Cc1cn(CC(=O)Nc2cccc(I)c2)c2ccc(Br)cc12. The Morgan fingerprint density at radius 3 is 2.83 bits per heavy atom. The number of fused-ring (bicyclic) bond motifs is 1. The maximum Gasteiger partial charge on any atom is 0.244 e. The summed E-state index contributed by atoms with van der Waals surface area (Å²) in [5.41, 5.74) is 2.19. The van der Waals surface area contributed by atoms with E-state index in [9.17, 15) is 9.59 Å². The van der Waals surface area contributed by atoms with Crippen LogP contribution in [0.25, 0.3) is 10.9 Å². The molecule has 0 aliphatic heterocycles. The Labute approximate surface area is 155 Å². The van der Waals surface area contributed by atoms with Gasteiger partial charge >= 0.3 is 0 Å². The van der Waals surface area contributed by atoms with Gasteiger partial charge in [-0.2, -0.15) is 0 Å². The quantitative estimate of drug-likeness (QED) is 0.441. The number of aldehydes is 1. The predicted octanol–water partition coefficient (Wildman–Crippen LogP) is 4.46. The van der Waals surface area contributed by atoms with Gasteiger partial charge in [-0.15, -0.1) is 0 Å². The molecule has 0 bridgehead atoms. The van der Waals surface area contributed by atoms with Gasteiger partial charge in [-0.1, -0.05) is 22.0 Å². The van der Waals surface area contributed by atoms with E-state index in [1.54, 1.807) is 10.8 Å². The van der Waals surface area contributed by atoms with Gasteiger partial charge in [-0.25, -0.2) is 0 Å². The Kier molecular flexibility index (Phi) is 4.82. The number of hydrogen-bond donors (Lipinski definition) is 1. The van der Waals surface area contributed by atoms with Gasteiger partial charge in [0.2, 0.25) is 5.91 Å². The summed E-state index contributed by atoms with van der Waals surface area (Å²) in [4.78, 5) is 23.5. The predicted molar refractivity (Wildman–Crippen MR) is 103 cm³/mol. The maximum absolute atomic E-state index is 12.3. The highest BCUT2D eigenvalue weighted by Gasteiger charge is 2.11.